The van der Waals surface area contributed by atoms with Crippen LogP contribution in [0.3, 0.4) is 0 Å². The van der Waals surface area contributed by atoms with Gasteiger partial charge in [-0.05, 0) is 37.5 Å². The first kappa shape index (κ1) is 14.8. The van der Waals surface area contributed by atoms with Crippen molar-refractivity contribution >= 4 is 33.8 Å². The molecule has 0 aliphatic carbocycles. The number of hydrogen-bond acceptors (Lipinski definition) is 4. The molecule has 0 bridgehead atoms. The van der Waals surface area contributed by atoms with Gasteiger partial charge in [0.15, 0.2) is 0 Å². The number of benzene rings is 1. The summed E-state index contributed by atoms with van der Waals surface area (Å²) in [4.78, 5) is 11.4. The minimum atomic E-state index is -0.784. The summed E-state index contributed by atoms with van der Waals surface area (Å²) in [5.41, 5.74) is 9.47. The van der Waals surface area contributed by atoms with E-state index in [1.165, 1.54) is 0 Å². The Morgan fingerprint density at radius 1 is 1.45 bits per heavy atom. The lowest BCUT2D eigenvalue weighted by Gasteiger charge is -2.22. The number of rotatable bonds is 5. The average Bonchev–Trinajstić information content (AvgIpc) is 2.38. The highest BCUT2D eigenvalue weighted by Gasteiger charge is 2.17. The van der Waals surface area contributed by atoms with Gasteiger partial charge in [-0.2, -0.15) is 0 Å². The highest BCUT2D eigenvalue weighted by atomic mass is 32.2. The highest BCUT2D eigenvalue weighted by Crippen LogP contribution is 2.31. The lowest BCUT2D eigenvalue weighted by Crippen LogP contribution is -2.21. The predicted octanol–water partition coefficient (Wildman–Crippen LogP) is 1.72. The third-order valence-corrected chi connectivity index (χ3v) is 4.22. The average molecular weight is 295 g/mol. The number of nitrogens with two attached hydrogens (primary N) is 1. The van der Waals surface area contributed by atoms with Crippen LogP contribution in [0.1, 0.15) is 25.3 Å². The van der Waals surface area contributed by atoms with Gasteiger partial charge in [0.2, 0.25) is 5.91 Å². The van der Waals surface area contributed by atoms with Gasteiger partial charge < -0.3 is 16.4 Å². The topological polar surface area (TPSA) is 84.2 Å². The number of hydrogen-bond donors (Lipinski definition) is 3. The molecule has 0 fully saturated rings. The van der Waals surface area contributed by atoms with Crippen LogP contribution in [0.4, 0.5) is 17.1 Å². The van der Waals surface area contributed by atoms with E-state index in [1.54, 1.807) is 6.26 Å². The van der Waals surface area contributed by atoms with E-state index in [4.69, 9.17) is 5.73 Å². The second kappa shape index (κ2) is 6.26. The molecule has 0 spiro atoms. The van der Waals surface area contributed by atoms with Crippen molar-refractivity contribution in [2.75, 3.05) is 28.4 Å². The monoisotopic (exact) mass is 295 g/mol. The van der Waals surface area contributed by atoms with Gasteiger partial charge in [-0.25, -0.2) is 0 Å². The normalized spacial score (nSPS) is 17.0. The largest absolute Gasteiger partial charge is 0.397 e. The maximum absolute atomic E-state index is 11.4. The minimum Gasteiger partial charge on any atom is -0.397 e. The molecule has 1 amide bonds. The Hall–Kier alpha value is -1.56. The second-order valence-electron chi connectivity index (χ2n) is 5.26. The third kappa shape index (κ3) is 3.72. The number of anilines is 3. The van der Waals surface area contributed by atoms with Crippen LogP contribution in [-0.2, 0) is 22.0 Å². The van der Waals surface area contributed by atoms with Crippen LogP contribution in [0, 0.1) is 0 Å². The molecule has 2 unspecified atom stereocenters. The van der Waals surface area contributed by atoms with Crippen molar-refractivity contribution in [3.8, 4) is 0 Å². The van der Waals surface area contributed by atoms with Crippen molar-refractivity contribution in [3.05, 3.63) is 17.7 Å². The van der Waals surface area contributed by atoms with Gasteiger partial charge in [0.1, 0.15) is 0 Å². The Morgan fingerprint density at radius 2 is 2.20 bits per heavy atom. The fourth-order valence-corrected chi connectivity index (χ4v) is 2.94. The Bertz CT molecular complexity index is 545. The molecule has 20 heavy (non-hydrogen) atoms. The SMILES string of the molecule is CC(CCS(C)=O)Nc1cc2c(cc1N)CCC(=O)N2. The number of nitrogens with one attached hydrogen (secondary N) is 2. The molecule has 4 N–H and O–H groups in total. The summed E-state index contributed by atoms with van der Waals surface area (Å²) in [6, 6.07) is 3.99. The van der Waals surface area contributed by atoms with Gasteiger partial charge in [0.25, 0.3) is 0 Å². The third-order valence-electron chi connectivity index (χ3n) is 3.41. The number of nitrogen functional groups attached to an aromatic ring is 1. The molecule has 2 atom stereocenters. The Morgan fingerprint density at radius 3 is 2.90 bits per heavy atom. The lowest BCUT2D eigenvalue weighted by atomic mass is 10.0. The molecule has 1 aromatic rings. The standard InChI is InChI=1S/C14H21N3O2S/c1-9(5-6-20(2)19)16-13-8-12-10(7-11(13)15)3-4-14(18)17-12/h7-9,16H,3-6,15H2,1-2H3,(H,17,18). The molecule has 1 aliphatic heterocycles. The Labute approximate surface area is 121 Å². The lowest BCUT2D eigenvalue weighted by molar-refractivity contribution is -0.116. The van der Waals surface area contributed by atoms with Crippen molar-refractivity contribution in [2.24, 2.45) is 0 Å². The minimum absolute atomic E-state index is 0.0441. The van der Waals surface area contributed by atoms with Crippen LogP contribution in [0.15, 0.2) is 12.1 Å². The molecule has 0 saturated carbocycles. The molecular weight excluding hydrogens is 274 g/mol. The summed E-state index contributed by atoms with van der Waals surface area (Å²) < 4.78 is 11.1. The van der Waals surface area contributed by atoms with E-state index in [2.05, 4.69) is 10.6 Å². The van der Waals surface area contributed by atoms with Crippen LogP contribution in [0.2, 0.25) is 0 Å². The molecular formula is C14H21N3O2S. The van der Waals surface area contributed by atoms with E-state index in [-0.39, 0.29) is 11.9 Å². The van der Waals surface area contributed by atoms with E-state index < -0.39 is 10.8 Å². The van der Waals surface area contributed by atoms with Crippen molar-refractivity contribution in [1.29, 1.82) is 0 Å². The molecule has 1 aromatic carbocycles. The number of aryl methyl sites for hydroxylation is 1. The number of carbonyl (C=O) groups excluding carboxylic acids is 1. The fraction of sp³-hybridized carbons (Fsp3) is 0.500. The van der Waals surface area contributed by atoms with Crippen LogP contribution in [-0.4, -0.2) is 28.2 Å². The fourth-order valence-electron chi connectivity index (χ4n) is 2.25. The summed E-state index contributed by atoms with van der Waals surface area (Å²) in [6.45, 7) is 2.03. The zero-order chi connectivity index (χ0) is 14.7. The molecule has 5 nitrogen and oxygen atoms in total. The second-order valence-corrected chi connectivity index (χ2v) is 6.81. The maximum Gasteiger partial charge on any atom is 0.224 e. The van der Waals surface area contributed by atoms with Crippen molar-refractivity contribution in [1.82, 2.24) is 0 Å². The highest BCUT2D eigenvalue weighted by molar-refractivity contribution is 7.84. The molecule has 6 heteroatoms. The van der Waals surface area contributed by atoms with Crippen LogP contribution >= 0.6 is 0 Å². The van der Waals surface area contributed by atoms with Gasteiger partial charge in [-0.15, -0.1) is 0 Å². The molecule has 0 saturated heterocycles. The summed E-state index contributed by atoms with van der Waals surface area (Å²) in [5, 5.41) is 6.19. The first-order valence-corrected chi connectivity index (χ1v) is 8.47. The van der Waals surface area contributed by atoms with Gasteiger partial charge >= 0.3 is 0 Å². The molecule has 0 radical (unpaired) electrons. The van der Waals surface area contributed by atoms with Crippen molar-refractivity contribution in [2.45, 2.75) is 32.2 Å². The van der Waals surface area contributed by atoms with Gasteiger partial charge in [0, 0.05) is 41.0 Å². The molecule has 2 rings (SSSR count). The zero-order valence-corrected chi connectivity index (χ0v) is 12.7. The van der Waals surface area contributed by atoms with E-state index in [0.29, 0.717) is 17.9 Å². The van der Waals surface area contributed by atoms with Gasteiger partial charge in [-0.3, -0.25) is 9.00 Å². The van der Waals surface area contributed by atoms with Crippen LogP contribution < -0.4 is 16.4 Å². The van der Waals surface area contributed by atoms with E-state index in [1.807, 2.05) is 19.1 Å². The van der Waals surface area contributed by atoms with Crippen LogP contribution in [0.5, 0.6) is 0 Å². The van der Waals surface area contributed by atoms with E-state index >= 15 is 0 Å². The quantitative estimate of drug-likeness (QED) is 0.722. The van der Waals surface area contributed by atoms with E-state index in [0.717, 1.165) is 29.8 Å². The van der Waals surface area contributed by atoms with E-state index in [9.17, 15) is 9.00 Å². The Kier molecular flexibility index (Phi) is 4.65. The first-order valence-electron chi connectivity index (χ1n) is 6.74. The summed E-state index contributed by atoms with van der Waals surface area (Å²) in [6.07, 6.45) is 3.76. The number of carbonyl (C=O) groups is 1. The van der Waals surface area contributed by atoms with Gasteiger partial charge in [0.05, 0.1) is 11.4 Å². The first-order chi connectivity index (χ1) is 9.45. The molecule has 1 heterocycles. The summed E-state index contributed by atoms with van der Waals surface area (Å²) >= 11 is 0. The molecule has 1 aliphatic rings. The zero-order valence-electron chi connectivity index (χ0n) is 11.9. The number of fused-ring (bicyclic) bond motifs is 1. The summed E-state index contributed by atoms with van der Waals surface area (Å²) in [5.74, 6) is 0.707. The molecule has 0 aromatic heterocycles. The van der Waals surface area contributed by atoms with Crippen LogP contribution in [0.25, 0.3) is 0 Å². The summed E-state index contributed by atoms with van der Waals surface area (Å²) in [7, 11) is -0.784. The molecule has 110 valence electrons. The Balaban J connectivity index is 2.10. The van der Waals surface area contributed by atoms with Crippen molar-refractivity contribution < 1.29 is 9.00 Å². The predicted molar refractivity (Wildman–Crippen MR) is 84.4 cm³/mol. The van der Waals surface area contributed by atoms with Crippen molar-refractivity contribution in [3.63, 3.8) is 0 Å². The number of amides is 1. The maximum atomic E-state index is 11.4. The smallest absolute Gasteiger partial charge is 0.224 e. The van der Waals surface area contributed by atoms with Gasteiger partial charge in [-0.1, -0.05) is 0 Å².